The molecule has 2 aromatic rings. The number of rotatable bonds is 7. The van der Waals surface area contributed by atoms with Crippen LogP contribution in [0.1, 0.15) is 57.1 Å². The van der Waals surface area contributed by atoms with Crippen LogP contribution >= 0.6 is 0 Å². The largest absolute Gasteiger partial charge is 0.466 e. The van der Waals surface area contributed by atoms with Crippen LogP contribution < -0.4 is 4.90 Å². The summed E-state index contributed by atoms with van der Waals surface area (Å²) >= 11 is 0. The van der Waals surface area contributed by atoms with E-state index in [9.17, 15) is 31.1 Å². The molecule has 0 amide bonds. The Kier molecular flexibility index (Phi) is 8.62. The van der Waals surface area contributed by atoms with Crippen molar-refractivity contribution in [2.24, 2.45) is 11.8 Å². The number of esters is 1. The van der Waals surface area contributed by atoms with Crippen LogP contribution in [0.4, 0.5) is 32.0 Å². The molecule has 1 saturated heterocycles. The van der Waals surface area contributed by atoms with E-state index in [-0.39, 0.29) is 38.5 Å². The van der Waals surface area contributed by atoms with Gasteiger partial charge in [-0.2, -0.15) is 26.3 Å². The topological polar surface area (TPSA) is 29.5 Å². The first kappa shape index (κ1) is 27.9. The van der Waals surface area contributed by atoms with Gasteiger partial charge in [-0.05, 0) is 73.1 Å². The van der Waals surface area contributed by atoms with Gasteiger partial charge in [0, 0.05) is 18.8 Å². The van der Waals surface area contributed by atoms with Crippen molar-refractivity contribution in [3.05, 3.63) is 53.6 Å². The highest BCUT2D eigenvalue weighted by molar-refractivity contribution is 5.80. The second kappa shape index (κ2) is 11.1. The summed E-state index contributed by atoms with van der Waals surface area (Å²) < 4.78 is 84.0. The first-order valence-electron chi connectivity index (χ1n) is 12.1. The lowest BCUT2D eigenvalue weighted by atomic mass is 9.87. The molecule has 2 aromatic carbocycles. The van der Waals surface area contributed by atoms with Crippen molar-refractivity contribution in [3.8, 4) is 11.1 Å². The van der Waals surface area contributed by atoms with Gasteiger partial charge in [0.25, 0.3) is 0 Å². The van der Waals surface area contributed by atoms with Crippen LogP contribution in [0.15, 0.2) is 42.5 Å². The fourth-order valence-corrected chi connectivity index (χ4v) is 4.58. The fraction of sp³-hybridized carbons (Fsp3) is 0.519. The number of nitrogens with zero attached hydrogens (tertiary/aromatic N) is 1. The minimum absolute atomic E-state index is 0.0450. The molecule has 0 spiro atoms. The molecular weight excluding hydrogens is 484 g/mol. The molecule has 36 heavy (non-hydrogen) atoms. The third kappa shape index (κ3) is 6.95. The number of hydrogen-bond acceptors (Lipinski definition) is 3. The Hall–Kier alpha value is -2.71. The average Bonchev–Trinajstić information content (AvgIpc) is 2.81. The van der Waals surface area contributed by atoms with Crippen LogP contribution in [0, 0.1) is 11.8 Å². The van der Waals surface area contributed by atoms with E-state index in [1.165, 1.54) is 12.1 Å². The molecule has 1 heterocycles. The Morgan fingerprint density at radius 1 is 0.972 bits per heavy atom. The zero-order valence-electron chi connectivity index (χ0n) is 20.5. The standard InChI is InChI=1S/C27H31F6NO2/c1-4-36-25(35)24(13-17(2)3)20-14-19(18-5-7-21(8-6-18)26(28,29)30)15-23(16-20)34-11-9-22(10-12-34)27(31,32)33/h5-8,14-17,22,24H,4,9-13H2,1-3H3. The molecule has 3 rings (SSSR count). The smallest absolute Gasteiger partial charge is 0.416 e. The van der Waals surface area contributed by atoms with Crippen LogP contribution in [0.25, 0.3) is 11.1 Å². The number of halogens is 6. The van der Waals surface area contributed by atoms with Crippen molar-refractivity contribution in [2.75, 3.05) is 24.6 Å². The summed E-state index contributed by atoms with van der Waals surface area (Å²) in [5.41, 5.74) is 1.60. The van der Waals surface area contributed by atoms with E-state index in [4.69, 9.17) is 4.74 Å². The zero-order valence-corrected chi connectivity index (χ0v) is 20.5. The number of piperidine rings is 1. The van der Waals surface area contributed by atoms with Crippen LogP contribution in [0.3, 0.4) is 0 Å². The van der Waals surface area contributed by atoms with Crippen LogP contribution in [-0.4, -0.2) is 31.8 Å². The van der Waals surface area contributed by atoms with Crippen molar-refractivity contribution in [1.29, 1.82) is 0 Å². The first-order valence-corrected chi connectivity index (χ1v) is 12.1. The quantitative estimate of drug-likeness (QED) is 0.278. The average molecular weight is 516 g/mol. The Balaban J connectivity index is 2.03. The summed E-state index contributed by atoms with van der Waals surface area (Å²) in [6, 6.07) is 10.0. The summed E-state index contributed by atoms with van der Waals surface area (Å²) in [7, 11) is 0. The highest BCUT2D eigenvalue weighted by atomic mass is 19.4. The predicted octanol–water partition coefficient (Wildman–Crippen LogP) is 7.84. The van der Waals surface area contributed by atoms with Gasteiger partial charge in [0.1, 0.15) is 0 Å². The normalized spacial score (nSPS) is 16.3. The van der Waals surface area contributed by atoms with Gasteiger partial charge in [-0.3, -0.25) is 4.79 Å². The van der Waals surface area contributed by atoms with Gasteiger partial charge >= 0.3 is 18.3 Å². The number of ether oxygens (including phenoxy) is 1. The molecule has 1 unspecified atom stereocenters. The lowest BCUT2D eigenvalue weighted by Gasteiger charge is -2.35. The molecule has 1 atom stereocenters. The maximum absolute atomic E-state index is 13.2. The lowest BCUT2D eigenvalue weighted by molar-refractivity contribution is -0.179. The van der Waals surface area contributed by atoms with E-state index in [0.717, 1.165) is 12.1 Å². The number of alkyl halides is 6. The number of carbonyl (C=O) groups excluding carboxylic acids is 1. The maximum atomic E-state index is 13.2. The van der Waals surface area contributed by atoms with Gasteiger partial charge in [0.05, 0.1) is 24.0 Å². The monoisotopic (exact) mass is 515 g/mol. The number of benzene rings is 2. The van der Waals surface area contributed by atoms with Gasteiger partial charge in [-0.15, -0.1) is 0 Å². The van der Waals surface area contributed by atoms with E-state index in [2.05, 4.69) is 0 Å². The van der Waals surface area contributed by atoms with E-state index >= 15 is 0 Å². The van der Waals surface area contributed by atoms with Crippen molar-refractivity contribution < 1.29 is 35.9 Å². The van der Waals surface area contributed by atoms with Crippen LogP contribution in [0.5, 0.6) is 0 Å². The van der Waals surface area contributed by atoms with Gasteiger partial charge in [0.2, 0.25) is 0 Å². The van der Waals surface area contributed by atoms with Crippen LogP contribution in [-0.2, 0) is 15.7 Å². The summed E-state index contributed by atoms with van der Waals surface area (Å²) in [5.74, 6) is -2.22. The summed E-state index contributed by atoms with van der Waals surface area (Å²) in [6.07, 6.45) is -8.32. The summed E-state index contributed by atoms with van der Waals surface area (Å²) in [4.78, 5) is 14.7. The lowest BCUT2D eigenvalue weighted by Crippen LogP contribution is -2.39. The van der Waals surface area contributed by atoms with E-state index in [1.54, 1.807) is 25.1 Å². The zero-order chi connectivity index (χ0) is 26.7. The Bertz CT molecular complexity index is 1020. The molecule has 9 heteroatoms. The van der Waals surface area contributed by atoms with Crippen molar-refractivity contribution >= 4 is 11.7 Å². The maximum Gasteiger partial charge on any atom is 0.416 e. The fourth-order valence-electron chi connectivity index (χ4n) is 4.58. The second-order valence-electron chi connectivity index (χ2n) is 9.63. The molecule has 3 nitrogen and oxygen atoms in total. The number of carbonyl (C=O) groups is 1. The molecule has 198 valence electrons. The first-order chi connectivity index (χ1) is 16.8. The Labute approximate surface area is 207 Å². The van der Waals surface area contributed by atoms with Gasteiger partial charge in [0.15, 0.2) is 0 Å². The predicted molar refractivity (Wildman–Crippen MR) is 127 cm³/mol. The molecular formula is C27H31F6NO2. The molecule has 0 aromatic heterocycles. The number of hydrogen-bond donors (Lipinski definition) is 0. The molecule has 1 aliphatic rings. The van der Waals surface area contributed by atoms with Crippen molar-refractivity contribution in [2.45, 2.75) is 58.3 Å². The second-order valence-corrected chi connectivity index (χ2v) is 9.63. The van der Waals surface area contributed by atoms with Crippen molar-refractivity contribution in [3.63, 3.8) is 0 Å². The summed E-state index contributed by atoms with van der Waals surface area (Å²) in [5, 5.41) is 0. The van der Waals surface area contributed by atoms with E-state index < -0.39 is 35.7 Å². The van der Waals surface area contributed by atoms with Crippen LogP contribution in [0.2, 0.25) is 0 Å². The van der Waals surface area contributed by atoms with E-state index in [0.29, 0.717) is 28.8 Å². The Morgan fingerprint density at radius 3 is 2.08 bits per heavy atom. The minimum Gasteiger partial charge on any atom is -0.466 e. The molecule has 0 saturated carbocycles. The molecule has 0 radical (unpaired) electrons. The third-order valence-electron chi connectivity index (χ3n) is 6.49. The molecule has 0 aliphatic carbocycles. The third-order valence-corrected chi connectivity index (χ3v) is 6.49. The highest BCUT2D eigenvalue weighted by Crippen LogP contribution is 2.39. The summed E-state index contributed by atoms with van der Waals surface area (Å²) in [6.45, 7) is 6.22. The van der Waals surface area contributed by atoms with Gasteiger partial charge in [-0.25, -0.2) is 0 Å². The molecule has 1 fully saturated rings. The van der Waals surface area contributed by atoms with E-state index in [1.807, 2.05) is 18.7 Å². The highest BCUT2D eigenvalue weighted by Gasteiger charge is 2.41. The van der Waals surface area contributed by atoms with Gasteiger partial charge in [-0.1, -0.05) is 32.0 Å². The minimum atomic E-state index is -4.47. The molecule has 1 aliphatic heterocycles. The molecule has 0 N–H and O–H groups in total. The SMILES string of the molecule is CCOC(=O)C(CC(C)C)c1cc(-c2ccc(C(F)(F)F)cc2)cc(N2CCC(C(F)(F)F)CC2)c1. The van der Waals surface area contributed by atoms with Crippen molar-refractivity contribution in [1.82, 2.24) is 0 Å². The molecule has 0 bridgehead atoms. The number of anilines is 1. The van der Waals surface area contributed by atoms with Gasteiger partial charge < -0.3 is 9.64 Å². The Morgan fingerprint density at radius 2 is 1.58 bits per heavy atom.